The third kappa shape index (κ3) is 4.65. The minimum atomic E-state index is 0.372. The van der Waals surface area contributed by atoms with Crippen LogP contribution >= 0.6 is 0 Å². The van der Waals surface area contributed by atoms with Crippen LogP contribution in [0.5, 0.6) is 0 Å². The van der Waals surface area contributed by atoms with Gasteiger partial charge in [0.2, 0.25) is 0 Å². The van der Waals surface area contributed by atoms with Gasteiger partial charge in [-0.3, -0.25) is 4.79 Å². The number of ketones is 1. The lowest BCUT2D eigenvalue weighted by atomic mass is 9.91. The summed E-state index contributed by atoms with van der Waals surface area (Å²) >= 11 is 0. The standard InChI is InChI=1S/C14H27NO/c1-3-5-6-7-10-15-11-8-13(9-12-15)14(16)4-2/h13H,3-12H2,1-2H3. The molecule has 0 bridgehead atoms. The number of nitrogens with zero attached hydrogens (tertiary/aromatic N) is 1. The summed E-state index contributed by atoms with van der Waals surface area (Å²) in [6.45, 7) is 7.76. The molecule has 1 aliphatic rings. The lowest BCUT2D eigenvalue weighted by molar-refractivity contribution is -0.123. The zero-order valence-corrected chi connectivity index (χ0v) is 11.0. The first-order valence-electron chi connectivity index (χ1n) is 7.03. The molecule has 1 rings (SSSR count). The SMILES string of the molecule is CCCCCCN1CCC(C(=O)CC)CC1. The molecule has 2 nitrogen and oxygen atoms in total. The van der Waals surface area contributed by atoms with Gasteiger partial charge in [-0.2, -0.15) is 0 Å². The Hall–Kier alpha value is -0.370. The molecule has 0 atom stereocenters. The van der Waals surface area contributed by atoms with Crippen LogP contribution in [0, 0.1) is 5.92 Å². The Bertz CT molecular complexity index is 195. The summed E-state index contributed by atoms with van der Waals surface area (Å²) in [6, 6.07) is 0. The van der Waals surface area contributed by atoms with Crippen LogP contribution in [0.3, 0.4) is 0 Å². The summed E-state index contributed by atoms with van der Waals surface area (Å²) in [6.07, 6.45) is 8.30. The Balaban J connectivity index is 2.10. The topological polar surface area (TPSA) is 20.3 Å². The number of rotatable bonds is 7. The van der Waals surface area contributed by atoms with E-state index in [9.17, 15) is 4.79 Å². The summed E-state index contributed by atoms with van der Waals surface area (Å²) in [5.41, 5.74) is 0. The van der Waals surface area contributed by atoms with Gasteiger partial charge in [-0.15, -0.1) is 0 Å². The van der Waals surface area contributed by atoms with Gasteiger partial charge < -0.3 is 4.90 Å². The average Bonchev–Trinajstić information content (AvgIpc) is 2.34. The fourth-order valence-corrected chi connectivity index (χ4v) is 2.53. The van der Waals surface area contributed by atoms with E-state index in [-0.39, 0.29) is 0 Å². The van der Waals surface area contributed by atoms with Crippen molar-refractivity contribution in [2.75, 3.05) is 19.6 Å². The number of piperidine rings is 1. The molecule has 1 heterocycles. The Morgan fingerprint density at radius 3 is 2.38 bits per heavy atom. The van der Waals surface area contributed by atoms with Crippen molar-refractivity contribution in [3.63, 3.8) is 0 Å². The summed E-state index contributed by atoms with van der Waals surface area (Å²) in [4.78, 5) is 14.1. The van der Waals surface area contributed by atoms with Crippen LogP contribution in [0.25, 0.3) is 0 Å². The second-order valence-electron chi connectivity index (χ2n) is 5.00. The van der Waals surface area contributed by atoms with Gasteiger partial charge in [0.25, 0.3) is 0 Å². The molecule has 2 heteroatoms. The number of carbonyl (C=O) groups excluding carboxylic acids is 1. The van der Waals surface area contributed by atoms with Gasteiger partial charge in [0.15, 0.2) is 0 Å². The molecule has 0 radical (unpaired) electrons. The van der Waals surface area contributed by atoms with E-state index in [4.69, 9.17) is 0 Å². The smallest absolute Gasteiger partial charge is 0.135 e. The van der Waals surface area contributed by atoms with E-state index < -0.39 is 0 Å². The molecule has 0 unspecified atom stereocenters. The quantitative estimate of drug-likeness (QED) is 0.620. The molecule has 0 amide bonds. The summed E-state index contributed by atoms with van der Waals surface area (Å²) in [5, 5.41) is 0. The molecular weight excluding hydrogens is 198 g/mol. The Labute approximate surface area is 100 Å². The van der Waals surface area contributed by atoms with Crippen molar-refractivity contribution >= 4 is 5.78 Å². The molecule has 16 heavy (non-hydrogen) atoms. The highest BCUT2D eigenvalue weighted by Gasteiger charge is 2.22. The van der Waals surface area contributed by atoms with Crippen molar-refractivity contribution in [2.45, 2.75) is 58.8 Å². The Kier molecular flexibility index (Phi) is 6.70. The third-order valence-corrected chi connectivity index (χ3v) is 3.72. The maximum Gasteiger partial charge on any atom is 0.135 e. The zero-order valence-electron chi connectivity index (χ0n) is 11.0. The maximum absolute atomic E-state index is 11.6. The first-order valence-corrected chi connectivity index (χ1v) is 7.03. The van der Waals surface area contributed by atoms with Crippen LogP contribution in [0.1, 0.15) is 58.8 Å². The van der Waals surface area contributed by atoms with Crippen molar-refractivity contribution in [3.05, 3.63) is 0 Å². The lowest BCUT2D eigenvalue weighted by Gasteiger charge is -2.31. The third-order valence-electron chi connectivity index (χ3n) is 3.72. The highest BCUT2D eigenvalue weighted by atomic mass is 16.1. The first-order chi connectivity index (χ1) is 7.77. The van der Waals surface area contributed by atoms with E-state index in [2.05, 4.69) is 11.8 Å². The zero-order chi connectivity index (χ0) is 11.8. The monoisotopic (exact) mass is 225 g/mol. The minimum absolute atomic E-state index is 0.372. The van der Waals surface area contributed by atoms with Gasteiger partial charge in [0, 0.05) is 12.3 Å². The number of carbonyl (C=O) groups is 1. The lowest BCUT2D eigenvalue weighted by Crippen LogP contribution is -2.36. The first kappa shape index (κ1) is 13.7. The van der Waals surface area contributed by atoms with Gasteiger partial charge in [0.05, 0.1) is 0 Å². The predicted octanol–water partition coefficient (Wildman–Crippen LogP) is 3.26. The second-order valence-corrected chi connectivity index (χ2v) is 5.00. The van der Waals surface area contributed by atoms with Crippen molar-refractivity contribution < 1.29 is 4.79 Å². The van der Waals surface area contributed by atoms with E-state index in [1.807, 2.05) is 6.92 Å². The Morgan fingerprint density at radius 1 is 1.12 bits per heavy atom. The molecule has 0 aliphatic carbocycles. The number of Topliss-reactive ketones (excluding diaryl/α,β-unsaturated/α-hetero) is 1. The Morgan fingerprint density at radius 2 is 1.81 bits per heavy atom. The fourth-order valence-electron chi connectivity index (χ4n) is 2.53. The van der Waals surface area contributed by atoms with E-state index >= 15 is 0 Å². The van der Waals surface area contributed by atoms with Crippen LogP contribution in [-0.4, -0.2) is 30.3 Å². The van der Waals surface area contributed by atoms with Crippen molar-refractivity contribution in [1.29, 1.82) is 0 Å². The van der Waals surface area contributed by atoms with Gasteiger partial charge in [-0.1, -0.05) is 33.1 Å². The van der Waals surface area contributed by atoms with Gasteiger partial charge in [0.1, 0.15) is 5.78 Å². The molecule has 0 aromatic carbocycles. The maximum atomic E-state index is 11.6. The number of hydrogen-bond acceptors (Lipinski definition) is 2. The molecule has 1 fully saturated rings. The van der Waals surface area contributed by atoms with E-state index in [0.717, 1.165) is 32.4 Å². The molecule has 0 aromatic heterocycles. The van der Waals surface area contributed by atoms with E-state index in [1.165, 1.54) is 32.2 Å². The number of hydrogen-bond donors (Lipinski definition) is 0. The van der Waals surface area contributed by atoms with E-state index in [1.54, 1.807) is 0 Å². The van der Waals surface area contributed by atoms with Crippen LogP contribution in [0.2, 0.25) is 0 Å². The van der Waals surface area contributed by atoms with Crippen LogP contribution < -0.4 is 0 Å². The summed E-state index contributed by atoms with van der Waals surface area (Å²) in [5.74, 6) is 0.850. The molecule has 0 N–H and O–H groups in total. The van der Waals surface area contributed by atoms with Crippen molar-refractivity contribution in [2.24, 2.45) is 5.92 Å². The predicted molar refractivity (Wildman–Crippen MR) is 68.6 cm³/mol. The van der Waals surface area contributed by atoms with E-state index in [0.29, 0.717) is 11.7 Å². The van der Waals surface area contributed by atoms with Crippen LogP contribution in [-0.2, 0) is 4.79 Å². The van der Waals surface area contributed by atoms with Gasteiger partial charge in [-0.25, -0.2) is 0 Å². The average molecular weight is 225 g/mol. The fraction of sp³-hybridized carbons (Fsp3) is 0.929. The van der Waals surface area contributed by atoms with Crippen LogP contribution in [0.15, 0.2) is 0 Å². The molecular formula is C14H27NO. The van der Waals surface area contributed by atoms with Gasteiger partial charge >= 0.3 is 0 Å². The second kappa shape index (κ2) is 7.83. The summed E-state index contributed by atoms with van der Waals surface area (Å²) < 4.78 is 0. The number of unbranched alkanes of at least 4 members (excludes halogenated alkanes) is 3. The molecule has 1 saturated heterocycles. The highest BCUT2D eigenvalue weighted by Crippen LogP contribution is 2.19. The van der Waals surface area contributed by atoms with Crippen molar-refractivity contribution in [3.8, 4) is 0 Å². The summed E-state index contributed by atoms with van der Waals surface area (Å²) in [7, 11) is 0. The normalized spacial score (nSPS) is 18.9. The largest absolute Gasteiger partial charge is 0.303 e. The number of likely N-dealkylation sites (tertiary alicyclic amines) is 1. The van der Waals surface area contributed by atoms with Gasteiger partial charge in [-0.05, 0) is 38.9 Å². The van der Waals surface area contributed by atoms with Crippen molar-refractivity contribution in [1.82, 2.24) is 4.90 Å². The molecule has 1 aliphatic heterocycles. The molecule has 0 aromatic rings. The molecule has 94 valence electrons. The molecule has 0 spiro atoms. The molecule has 0 saturated carbocycles. The minimum Gasteiger partial charge on any atom is -0.303 e. The van der Waals surface area contributed by atoms with Crippen LogP contribution in [0.4, 0.5) is 0 Å². The highest BCUT2D eigenvalue weighted by molar-refractivity contribution is 5.80.